The lowest BCUT2D eigenvalue weighted by atomic mass is 9.88. The third-order valence-electron chi connectivity index (χ3n) is 14.8. The van der Waals surface area contributed by atoms with Gasteiger partial charge in [-0.2, -0.15) is 0 Å². The number of rotatable bonds is 12. The van der Waals surface area contributed by atoms with Crippen LogP contribution in [0.1, 0.15) is 77.0 Å². The first-order chi connectivity index (χ1) is 37.7. The summed E-state index contributed by atoms with van der Waals surface area (Å²) < 4.78 is 44.2. The average molecular weight is 1020 g/mol. The van der Waals surface area contributed by atoms with Crippen molar-refractivity contribution in [3.63, 3.8) is 0 Å². The minimum absolute atomic E-state index is 0.0775. The molecule has 8 heteroatoms. The summed E-state index contributed by atoms with van der Waals surface area (Å²) in [5.41, 5.74) is 14.5. The molecule has 0 saturated carbocycles. The molecule has 11 aromatic rings. The number of hydrogen-bond donors (Lipinski definition) is 0. The molecule has 0 amide bonds. The van der Waals surface area contributed by atoms with Gasteiger partial charge < -0.3 is 9.64 Å². The number of aromatic nitrogens is 2. The Balaban J connectivity index is 1.11. The lowest BCUT2D eigenvalue weighted by Crippen LogP contribution is -2.12. The number of halogens is 2. The first-order valence-corrected chi connectivity index (χ1v) is 26.7. The number of hydrogen-bond acceptors (Lipinski definition) is 3. The van der Waals surface area contributed by atoms with Gasteiger partial charge in [-0.3, -0.25) is 4.57 Å². The Morgan fingerprint density at radius 2 is 1.10 bits per heavy atom. The van der Waals surface area contributed by atoms with E-state index in [9.17, 15) is 0 Å². The van der Waals surface area contributed by atoms with Gasteiger partial charge in [0.25, 0.3) is 11.4 Å². The number of pyridine rings is 1. The molecule has 1 aliphatic heterocycles. The van der Waals surface area contributed by atoms with E-state index >= 15 is 8.78 Å². The molecule has 6 nitrogen and oxygen atoms in total. The van der Waals surface area contributed by atoms with E-state index in [2.05, 4.69) is 200 Å². The number of anilines is 3. The third-order valence-corrected chi connectivity index (χ3v) is 14.8. The van der Waals surface area contributed by atoms with Crippen LogP contribution in [0.3, 0.4) is 0 Å². The van der Waals surface area contributed by atoms with Crippen molar-refractivity contribution < 1.29 is 13.5 Å². The average Bonchev–Trinajstić information content (AvgIpc) is 4.13. The molecular formula is C70H59F2N5O+2. The highest BCUT2D eigenvalue weighted by molar-refractivity contribution is 6.09. The molecule has 9 aromatic carbocycles. The number of benzene rings is 9. The van der Waals surface area contributed by atoms with Crippen LogP contribution in [0.4, 0.5) is 48.6 Å². The maximum Gasteiger partial charge on any atom is 0.503 e. The highest BCUT2D eigenvalue weighted by Crippen LogP contribution is 2.48. The Morgan fingerprint density at radius 1 is 0.513 bits per heavy atom. The van der Waals surface area contributed by atoms with E-state index in [0.717, 1.165) is 84.6 Å². The minimum Gasteiger partial charge on any atom is -0.457 e. The van der Waals surface area contributed by atoms with Crippen molar-refractivity contribution in [1.29, 1.82) is 0 Å². The first-order valence-electron chi connectivity index (χ1n) is 26.7. The van der Waals surface area contributed by atoms with Crippen molar-refractivity contribution in [2.24, 2.45) is 0 Å². The zero-order valence-corrected chi connectivity index (χ0v) is 44.8. The Morgan fingerprint density at radius 3 is 1.74 bits per heavy atom. The van der Waals surface area contributed by atoms with Crippen molar-refractivity contribution in [2.75, 3.05) is 4.90 Å². The van der Waals surface area contributed by atoms with Gasteiger partial charge in [0, 0.05) is 64.7 Å². The predicted molar refractivity (Wildman–Crippen MR) is 318 cm³/mol. The highest BCUT2D eigenvalue weighted by Gasteiger charge is 2.40. The van der Waals surface area contributed by atoms with Gasteiger partial charge in [-0.1, -0.05) is 139 Å². The molecule has 12 rings (SSSR count). The van der Waals surface area contributed by atoms with Gasteiger partial charge in [0.05, 0.1) is 33.9 Å². The predicted octanol–water partition coefficient (Wildman–Crippen LogP) is 19.5. The fraction of sp³-hybridized carbons (Fsp3) is 0.143. The summed E-state index contributed by atoms with van der Waals surface area (Å²) in [6.07, 6.45) is 1.90. The van der Waals surface area contributed by atoms with Crippen molar-refractivity contribution in [3.8, 4) is 39.6 Å². The van der Waals surface area contributed by atoms with Crippen LogP contribution < -0.4 is 18.8 Å². The molecule has 2 aromatic heterocycles. The minimum atomic E-state index is -0.653. The van der Waals surface area contributed by atoms with Crippen molar-refractivity contribution in [1.82, 2.24) is 18.7 Å². The Hall–Kier alpha value is -9.23. The summed E-state index contributed by atoms with van der Waals surface area (Å²) >= 11 is 0. The van der Waals surface area contributed by atoms with Crippen LogP contribution in [0.5, 0.6) is 11.5 Å². The van der Waals surface area contributed by atoms with E-state index in [1.165, 1.54) is 28.8 Å². The van der Waals surface area contributed by atoms with Gasteiger partial charge >= 0.3 is 6.01 Å². The molecule has 0 unspecified atom stereocenters. The van der Waals surface area contributed by atoms with Gasteiger partial charge in [-0.15, -0.1) is 0 Å². The first kappa shape index (κ1) is 49.6. The monoisotopic (exact) mass is 1020 g/mol. The Bertz CT molecular complexity index is 4100. The number of ether oxygens (including phenoxy) is 1. The zero-order chi connectivity index (χ0) is 53.8. The largest absolute Gasteiger partial charge is 0.503 e. The van der Waals surface area contributed by atoms with Gasteiger partial charge in [-0.25, -0.2) is 13.8 Å². The van der Waals surface area contributed by atoms with Crippen LogP contribution in [0.25, 0.3) is 49.9 Å². The van der Waals surface area contributed by atoms with Crippen molar-refractivity contribution in [2.45, 2.75) is 65.7 Å². The van der Waals surface area contributed by atoms with Gasteiger partial charge in [0.1, 0.15) is 29.0 Å². The maximum absolute atomic E-state index is 15.4. The standard InChI is InChI=1S/C70H59F2N5O/c1-45(2)47-33-48(46(3)4)35-49(34-47)60-24-18-25-61(50-36-52(71)39-53(72)37-50)69(60)75-44-74(65-27-16-17-28-66(65)75)56-40-57(76(54-19-10-8-11-20-54)55-21-12-9-13-22-55)42-59(41-56)78-58-29-30-63-62-23-14-15-26-64(62)77(67(63)43-58)68-38-51(31-32-73-68)70(5,6)7/h8-43,45-46H,1-7H3/q+2. The summed E-state index contributed by atoms with van der Waals surface area (Å²) in [7, 11) is 0. The van der Waals surface area contributed by atoms with Crippen LogP contribution in [-0.4, -0.2) is 15.6 Å². The van der Waals surface area contributed by atoms with Crippen LogP contribution >= 0.6 is 0 Å². The molecule has 0 saturated heterocycles. The summed E-state index contributed by atoms with van der Waals surface area (Å²) in [5.74, 6) is 1.29. The van der Waals surface area contributed by atoms with Crippen molar-refractivity contribution in [3.05, 3.63) is 247 Å². The molecular weight excluding hydrogens is 965 g/mol. The SMILES string of the molecule is CC(C)c1cc(-c2cccc(-c3cc(F)cc(F)c3)c2[N+]2=C=[N+](c3cc(Oc4ccc5c6ccccc6n(-c6cc(C(C)(C)C)ccn6)c5c4)cc(N(c4ccccc4)c4ccccc4)c3)c3ccccc32)cc(C(C)C)c1. The van der Waals surface area contributed by atoms with Crippen LogP contribution in [0.2, 0.25) is 0 Å². The second-order valence-electron chi connectivity index (χ2n) is 21.8. The lowest BCUT2D eigenvalue weighted by molar-refractivity contribution is 0.483. The second-order valence-corrected chi connectivity index (χ2v) is 21.8. The van der Waals surface area contributed by atoms with Crippen LogP contribution in [0, 0.1) is 11.6 Å². The normalized spacial score (nSPS) is 12.3. The topological polar surface area (TPSA) is 36.3 Å². The Labute approximate surface area is 454 Å². The fourth-order valence-corrected chi connectivity index (χ4v) is 10.8. The quantitative estimate of drug-likeness (QED) is 0.114. The second kappa shape index (κ2) is 20.0. The maximum atomic E-state index is 15.4. The van der Waals surface area contributed by atoms with E-state index in [4.69, 9.17) is 9.72 Å². The van der Waals surface area contributed by atoms with Gasteiger partial charge in [-0.05, 0) is 133 Å². The molecule has 0 spiro atoms. The summed E-state index contributed by atoms with van der Waals surface area (Å²) in [6, 6.07) is 74.5. The van der Waals surface area contributed by atoms with E-state index in [-0.39, 0.29) is 17.3 Å². The highest BCUT2D eigenvalue weighted by atomic mass is 19.1. The van der Waals surface area contributed by atoms with Crippen LogP contribution in [0.15, 0.2) is 219 Å². The molecule has 1 aliphatic rings. The molecule has 0 N–H and O–H groups in total. The van der Waals surface area contributed by atoms with Crippen molar-refractivity contribution >= 4 is 67.6 Å². The van der Waals surface area contributed by atoms with E-state index in [1.807, 2.05) is 72.9 Å². The smallest absolute Gasteiger partial charge is 0.457 e. The van der Waals surface area contributed by atoms with Gasteiger partial charge in [0.2, 0.25) is 11.4 Å². The molecule has 0 radical (unpaired) electrons. The number of nitrogens with zero attached hydrogens (tertiary/aromatic N) is 5. The summed E-state index contributed by atoms with van der Waals surface area (Å²) in [6.45, 7) is 15.5. The van der Waals surface area contributed by atoms with E-state index in [1.54, 1.807) is 0 Å². The lowest BCUT2D eigenvalue weighted by Gasteiger charge is -2.25. The summed E-state index contributed by atoms with van der Waals surface area (Å²) in [4.78, 5) is 7.17. The van der Waals surface area contributed by atoms with Crippen LogP contribution in [-0.2, 0) is 5.41 Å². The zero-order valence-electron chi connectivity index (χ0n) is 44.8. The molecule has 0 atom stereocenters. The molecule has 3 heterocycles. The Kier molecular flexibility index (Phi) is 12.8. The van der Waals surface area contributed by atoms with Gasteiger partial charge in [0.15, 0.2) is 0 Å². The number of para-hydroxylation sites is 6. The molecule has 0 fully saturated rings. The molecule has 78 heavy (non-hydrogen) atoms. The number of fused-ring (bicyclic) bond motifs is 4. The molecule has 0 bridgehead atoms. The van der Waals surface area contributed by atoms with E-state index in [0.29, 0.717) is 22.6 Å². The summed E-state index contributed by atoms with van der Waals surface area (Å²) in [5, 5.41) is 2.21. The van der Waals surface area contributed by atoms with E-state index < -0.39 is 11.6 Å². The third kappa shape index (κ3) is 9.35. The molecule has 382 valence electrons. The molecule has 0 aliphatic carbocycles. The fourth-order valence-electron chi connectivity index (χ4n) is 10.8.